The van der Waals surface area contributed by atoms with E-state index in [0.29, 0.717) is 24.2 Å². The minimum atomic E-state index is -0.432. The van der Waals surface area contributed by atoms with Gasteiger partial charge in [0.2, 0.25) is 0 Å². The van der Waals surface area contributed by atoms with Crippen LogP contribution in [-0.4, -0.2) is 27.4 Å². The lowest BCUT2D eigenvalue weighted by atomic mass is 10.1. The third-order valence-electron chi connectivity index (χ3n) is 4.30. The van der Waals surface area contributed by atoms with Gasteiger partial charge in [-0.2, -0.15) is 0 Å². The number of halogens is 1. The Morgan fingerprint density at radius 3 is 2.48 bits per heavy atom. The highest BCUT2D eigenvalue weighted by molar-refractivity contribution is 9.10. The minimum absolute atomic E-state index is 0.00761. The van der Waals surface area contributed by atoms with Crippen LogP contribution < -0.4 is 5.32 Å². The van der Waals surface area contributed by atoms with Crippen molar-refractivity contribution in [2.45, 2.75) is 13.0 Å². The first-order valence-corrected chi connectivity index (χ1v) is 9.76. The average molecular weight is 455 g/mol. The number of carbonyl (C=O) groups excluding carboxylic acids is 1. The smallest absolute Gasteiger partial charge is 0.320 e. The Bertz CT molecular complexity index is 981. The molecule has 7 nitrogen and oxygen atoms in total. The lowest BCUT2D eigenvalue weighted by Crippen LogP contribution is -2.36. The second-order valence-electron chi connectivity index (χ2n) is 6.32. The van der Waals surface area contributed by atoms with Crippen molar-refractivity contribution in [2.75, 3.05) is 11.9 Å². The summed E-state index contributed by atoms with van der Waals surface area (Å²) >= 11 is 3.36. The second kappa shape index (κ2) is 9.79. The van der Waals surface area contributed by atoms with Gasteiger partial charge < -0.3 is 10.2 Å². The zero-order chi connectivity index (χ0) is 20.6. The largest absolute Gasteiger partial charge is 0.322 e. The first kappa shape index (κ1) is 20.5. The number of nitrogens with zero attached hydrogens (tertiary/aromatic N) is 3. The molecule has 0 aliphatic heterocycles. The molecule has 1 aromatic heterocycles. The predicted octanol–water partition coefficient (Wildman–Crippen LogP) is 5.03. The Kier molecular flexibility index (Phi) is 6.91. The normalized spacial score (nSPS) is 10.4. The maximum atomic E-state index is 12.9. The quantitative estimate of drug-likeness (QED) is 0.400. The zero-order valence-electron chi connectivity index (χ0n) is 15.5. The van der Waals surface area contributed by atoms with Crippen LogP contribution in [0.2, 0.25) is 0 Å². The molecule has 0 atom stereocenters. The van der Waals surface area contributed by atoms with Crippen molar-refractivity contribution in [3.05, 3.63) is 98.8 Å². The Hall–Kier alpha value is -3.26. The molecule has 3 rings (SSSR count). The van der Waals surface area contributed by atoms with Crippen LogP contribution >= 0.6 is 15.9 Å². The van der Waals surface area contributed by atoms with E-state index >= 15 is 0 Å². The molecule has 3 aromatic rings. The molecule has 2 amide bonds. The van der Waals surface area contributed by atoms with Crippen molar-refractivity contribution >= 4 is 33.3 Å². The fourth-order valence-electron chi connectivity index (χ4n) is 2.81. The number of amides is 2. The topological polar surface area (TPSA) is 88.4 Å². The van der Waals surface area contributed by atoms with E-state index in [-0.39, 0.29) is 18.3 Å². The molecule has 8 heteroatoms. The highest BCUT2D eigenvalue weighted by Crippen LogP contribution is 2.21. The highest BCUT2D eigenvalue weighted by atomic mass is 79.9. The SMILES string of the molecule is O=C(Nc1ccc(Br)cc1)N(CCc1ccccn1)Cc1ccccc1[N+](=O)[O-]. The van der Waals surface area contributed by atoms with Gasteiger partial charge in [-0.3, -0.25) is 15.1 Å². The predicted molar refractivity (Wildman–Crippen MR) is 115 cm³/mol. The number of hydrogen-bond donors (Lipinski definition) is 1. The lowest BCUT2D eigenvalue weighted by molar-refractivity contribution is -0.385. The molecule has 2 aromatic carbocycles. The number of rotatable bonds is 7. The van der Waals surface area contributed by atoms with E-state index in [1.807, 2.05) is 30.3 Å². The number of carbonyl (C=O) groups is 1. The number of benzene rings is 2. The van der Waals surface area contributed by atoms with E-state index in [9.17, 15) is 14.9 Å². The summed E-state index contributed by atoms with van der Waals surface area (Å²) in [4.78, 5) is 29.7. The van der Waals surface area contributed by atoms with Crippen LogP contribution in [0.25, 0.3) is 0 Å². The molecule has 1 N–H and O–H groups in total. The molecule has 1 heterocycles. The van der Waals surface area contributed by atoms with Crippen LogP contribution in [0.4, 0.5) is 16.2 Å². The molecular weight excluding hydrogens is 436 g/mol. The molecule has 148 valence electrons. The van der Waals surface area contributed by atoms with Gasteiger partial charge in [-0.15, -0.1) is 0 Å². The molecule has 0 spiro atoms. The van der Waals surface area contributed by atoms with Gasteiger partial charge in [-0.1, -0.05) is 40.2 Å². The molecule has 0 aliphatic rings. The average Bonchev–Trinajstić information content (AvgIpc) is 2.73. The summed E-state index contributed by atoms with van der Waals surface area (Å²) in [5.41, 5.74) is 1.95. The van der Waals surface area contributed by atoms with Gasteiger partial charge in [0.15, 0.2) is 0 Å². The van der Waals surface area contributed by atoms with Crippen molar-refractivity contribution < 1.29 is 9.72 Å². The fourth-order valence-corrected chi connectivity index (χ4v) is 3.08. The number of para-hydroxylation sites is 1. The van der Waals surface area contributed by atoms with Crippen molar-refractivity contribution in [2.24, 2.45) is 0 Å². The van der Waals surface area contributed by atoms with E-state index in [1.165, 1.54) is 6.07 Å². The summed E-state index contributed by atoms with van der Waals surface area (Å²) < 4.78 is 0.905. The summed E-state index contributed by atoms with van der Waals surface area (Å²) in [5.74, 6) is 0. The summed E-state index contributed by atoms with van der Waals surface area (Å²) in [5, 5.41) is 14.2. The molecule has 0 fully saturated rings. The Labute approximate surface area is 176 Å². The van der Waals surface area contributed by atoms with Gasteiger partial charge in [-0.05, 0) is 36.4 Å². The molecule has 29 heavy (non-hydrogen) atoms. The second-order valence-corrected chi connectivity index (χ2v) is 7.23. The van der Waals surface area contributed by atoms with Crippen molar-refractivity contribution in [3.63, 3.8) is 0 Å². The number of pyridine rings is 1. The van der Waals surface area contributed by atoms with Gasteiger partial charge in [0.1, 0.15) is 0 Å². The number of nitro groups is 1. The van der Waals surface area contributed by atoms with Gasteiger partial charge >= 0.3 is 6.03 Å². The van der Waals surface area contributed by atoms with Crippen LogP contribution in [0.1, 0.15) is 11.3 Å². The van der Waals surface area contributed by atoms with Crippen LogP contribution in [0, 0.1) is 10.1 Å². The standard InChI is InChI=1S/C21H19BrN4O3/c22-17-8-10-19(11-9-17)24-21(27)25(14-12-18-6-3-4-13-23-18)15-16-5-1-2-7-20(16)26(28)29/h1-11,13H,12,14-15H2,(H,24,27). The Morgan fingerprint density at radius 2 is 1.79 bits per heavy atom. The van der Waals surface area contributed by atoms with Crippen molar-refractivity contribution in [3.8, 4) is 0 Å². The molecule has 0 aliphatic carbocycles. The van der Waals surface area contributed by atoms with E-state index in [4.69, 9.17) is 0 Å². The fraction of sp³-hybridized carbons (Fsp3) is 0.143. The maximum Gasteiger partial charge on any atom is 0.322 e. The molecule has 0 radical (unpaired) electrons. The number of hydrogen-bond acceptors (Lipinski definition) is 4. The number of urea groups is 1. The van der Waals surface area contributed by atoms with E-state index in [1.54, 1.807) is 41.4 Å². The number of nitrogens with one attached hydrogen (secondary N) is 1. The maximum absolute atomic E-state index is 12.9. The number of anilines is 1. The number of nitro benzene ring substituents is 1. The Balaban J connectivity index is 1.79. The minimum Gasteiger partial charge on any atom is -0.320 e. The zero-order valence-corrected chi connectivity index (χ0v) is 17.1. The molecule has 0 unspecified atom stereocenters. The van der Waals surface area contributed by atoms with Crippen LogP contribution in [0.3, 0.4) is 0 Å². The molecule has 0 bridgehead atoms. The lowest BCUT2D eigenvalue weighted by Gasteiger charge is -2.23. The third kappa shape index (κ3) is 5.86. The van der Waals surface area contributed by atoms with Gasteiger partial charge in [-0.25, -0.2) is 4.79 Å². The first-order valence-electron chi connectivity index (χ1n) is 8.96. The van der Waals surface area contributed by atoms with Crippen LogP contribution in [0.5, 0.6) is 0 Å². The summed E-state index contributed by atoms with van der Waals surface area (Å²) in [6.07, 6.45) is 2.23. The van der Waals surface area contributed by atoms with Crippen molar-refractivity contribution in [1.82, 2.24) is 9.88 Å². The molecule has 0 saturated carbocycles. The van der Waals surface area contributed by atoms with E-state index in [0.717, 1.165) is 10.2 Å². The summed E-state index contributed by atoms with van der Waals surface area (Å²) in [6.45, 7) is 0.484. The Morgan fingerprint density at radius 1 is 1.07 bits per heavy atom. The van der Waals surface area contributed by atoms with Gasteiger partial charge in [0.05, 0.1) is 11.5 Å². The number of aromatic nitrogens is 1. The van der Waals surface area contributed by atoms with Crippen molar-refractivity contribution in [1.29, 1.82) is 0 Å². The van der Waals surface area contributed by atoms with Gasteiger partial charge in [0, 0.05) is 46.6 Å². The van der Waals surface area contributed by atoms with E-state index in [2.05, 4.69) is 26.2 Å². The summed E-state index contributed by atoms with van der Waals surface area (Å²) in [7, 11) is 0. The monoisotopic (exact) mass is 454 g/mol. The highest BCUT2D eigenvalue weighted by Gasteiger charge is 2.20. The summed E-state index contributed by atoms with van der Waals surface area (Å²) in [6, 6.07) is 18.9. The third-order valence-corrected chi connectivity index (χ3v) is 4.82. The molecule has 0 saturated heterocycles. The first-order chi connectivity index (χ1) is 14.0. The van der Waals surface area contributed by atoms with E-state index < -0.39 is 4.92 Å². The van der Waals surface area contributed by atoms with Crippen LogP contribution in [0.15, 0.2) is 77.4 Å². The van der Waals surface area contributed by atoms with Gasteiger partial charge in [0.25, 0.3) is 5.69 Å². The van der Waals surface area contributed by atoms with Crippen LogP contribution in [-0.2, 0) is 13.0 Å². The molecular formula is C21H19BrN4O3.